The highest BCUT2D eigenvalue weighted by Crippen LogP contribution is 2.24. The van der Waals surface area contributed by atoms with Gasteiger partial charge >= 0.3 is 0 Å². The number of hydrogen-bond acceptors (Lipinski definition) is 4. The summed E-state index contributed by atoms with van der Waals surface area (Å²) in [5.74, 6) is 0.340. The molecule has 7 heteroatoms. The number of nitrogens with one attached hydrogen (secondary N) is 1. The van der Waals surface area contributed by atoms with Crippen molar-refractivity contribution in [1.82, 2.24) is 9.38 Å². The number of carbonyl (C=O) groups excluding carboxylic acids is 1. The maximum atomic E-state index is 13.1. The van der Waals surface area contributed by atoms with Gasteiger partial charge in [-0.05, 0) is 48.5 Å². The maximum absolute atomic E-state index is 13.1. The van der Waals surface area contributed by atoms with Gasteiger partial charge in [0.05, 0.1) is 19.2 Å². The minimum Gasteiger partial charge on any atom is -0.497 e. The lowest BCUT2D eigenvalue weighted by molar-refractivity contribution is -0.115. The Labute approximate surface area is 159 Å². The third-order valence-electron chi connectivity index (χ3n) is 4.14. The lowest BCUT2D eigenvalue weighted by atomic mass is 10.2. The fraction of sp³-hybridized carbons (Fsp3) is 0.100. The highest BCUT2D eigenvalue weighted by atomic mass is 32.1. The molecule has 27 heavy (non-hydrogen) atoms. The van der Waals surface area contributed by atoms with E-state index < -0.39 is 0 Å². The van der Waals surface area contributed by atoms with Crippen LogP contribution >= 0.6 is 11.3 Å². The predicted octanol–water partition coefficient (Wildman–Crippen LogP) is 4.39. The van der Waals surface area contributed by atoms with Gasteiger partial charge in [0.15, 0.2) is 4.96 Å². The second-order valence-corrected chi connectivity index (χ2v) is 6.80. The average molecular weight is 381 g/mol. The Morgan fingerprint density at radius 3 is 2.63 bits per heavy atom. The lowest BCUT2D eigenvalue weighted by Gasteiger charge is -2.06. The molecule has 0 aliphatic heterocycles. The van der Waals surface area contributed by atoms with E-state index in [4.69, 9.17) is 4.74 Å². The number of hydrogen-bond donors (Lipinski definition) is 1. The topological polar surface area (TPSA) is 55.6 Å². The summed E-state index contributed by atoms with van der Waals surface area (Å²) in [5, 5.41) is 4.80. The van der Waals surface area contributed by atoms with Gasteiger partial charge in [0.25, 0.3) is 0 Å². The SMILES string of the molecule is COc1ccc(NC(=O)Cc2csc3nc(-c4ccc(F)cc4)cn23)cc1. The van der Waals surface area contributed by atoms with Crippen LogP contribution in [0.4, 0.5) is 10.1 Å². The van der Waals surface area contributed by atoms with Crippen molar-refractivity contribution >= 4 is 27.9 Å². The summed E-state index contributed by atoms with van der Waals surface area (Å²) in [5.41, 5.74) is 3.14. The van der Waals surface area contributed by atoms with E-state index in [2.05, 4.69) is 10.3 Å². The van der Waals surface area contributed by atoms with Crippen molar-refractivity contribution in [3.8, 4) is 17.0 Å². The van der Waals surface area contributed by atoms with Gasteiger partial charge in [-0.3, -0.25) is 9.20 Å². The fourth-order valence-electron chi connectivity index (χ4n) is 2.76. The van der Waals surface area contributed by atoms with E-state index in [-0.39, 0.29) is 18.1 Å². The molecule has 0 spiro atoms. The van der Waals surface area contributed by atoms with Crippen LogP contribution in [0.25, 0.3) is 16.2 Å². The molecule has 0 saturated heterocycles. The summed E-state index contributed by atoms with van der Waals surface area (Å²) in [6, 6.07) is 13.4. The first-order chi connectivity index (χ1) is 13.1. The number of amides is 1. The number of thiazole rings is 1. The van der Waals surface area contributed by atoms with E-state index in [1.807, 2.05) is 16.0 Å². The summed E-state index contributed by atoms with van der Waals surface area (Å²) in [6.45, 7) is 0. The Morgan fingerprint density at radius 2 is 1.93 bits per heavy atom. The van der Waals surface area contributed by atoms with Crippen LogP contribution in [0, 0.1) is 5.82 Å². The second kappa shape index (κ2) is 7.20. The molecule has 2 heterocycles. The number of halogens is 1. The van der Waals surface area contributed by atoms with Gasteiger partial charge in [0.1, 0.15) is 11.6 Å². The van der Waals surface area contributed by atoms with Gasteiger partial charge in [-0.1, -0.05) is 0 Å². The molecule has 0 aliphatic carbocycles. The van der Waals surface area contributed by atoms with Crippen LogP contribution < -0.4 is 10.1 Å². The highest BCUT2D eigenvalue weighted by molar-refractivity contribution is 7.15. The number of nitrogens with zero attached hydrogens (tertiary/aromatic N) is 2. The first kappa shape index (κ1) is 17.2. The zero-order valence-corrected chi connectivity index (χ0v) is 15.3. The van der Waals surface area contributed by atoms with E-state index in [1.165, 1.54) is 23.5 Å². The van der Waals surface area contributed by atoms with Crippen LogP contribution in [-0.2, 0) is 11.2 Å². The van der Waals surface area contributed by atoms with Crippen molar-refractivity contribution in [2.75, 3.05) is 12.4 Å². The molecule has 5 nitrogen and oxygen atoms in total. The molecule has 4 aromatic rings. The van der Waals surface area contributed by atoms with Crippen LogP contribution in [-0.4, -0.2) is 22.4 Å². The van der Waals surface area contributed by atoms with E-state index in [0.717, 1.165) is 27.7 Å². The zero-order valence-electron chi connectivity index (χ0n) is 14.5. The van der Waals surface area contributed by atoms with Crippen LogP contribution in [0.3, 0.4) is 0 Å². The van der Waals surface area contributed by atoms with Crippen molar-refractivity contribution < 1.29 is 13.9 Å². The van der Waals surface area contributed by atoms with Crippen molar-refractivity contribution in [2.45, 2.75) is 6.42 Å². The molecule has 2 aromatic carbocycles. The molecule has 0 bridgehead atoms. The second-order valence-electron chi connectivity index (χ2n) is 5.97. The normalized spacial score (nSPS) is 10.9. The predicted molar refractivity (Wildman–Crippen MR) is 104 cm³/mol. The monoisotopic (exact) mass is 381 g/mol. The van der Waals surface area contributed by atoms with Gasteiger partial charge in [-0.2, -0.15) is 0 Å². The average Bonchev–Trinajstić information content (AvgIpc) is 3.25. The van der Waals surface area contributed by atoms with Gasteiger partial charge in [-0.25, -0.2) is 9.37 Å². The van der Waals surface area contributed by atoms with E-state index in [9.17, 15) is 9.18 Å². The van der Waals surface area contributed by atoms with Gasteiger partial charge in [0.2, 0.25) is 5.91 Å². The van der Waals surface area contributed by atoms with Crippen LogP contribution in [0.2, 0.25) is 0 Å². The van der Waals surface area contributed by atoms with E-state index in [0.29, 0.717) is 5.69 Å². The Morgan fingerprint density at radius 1 is 1.19 bits per heavy atom. The lowest BCUT2D eigenvalue weighted by Crippen LogP contribution is -2.15. The van der Waals surface area contributed by atoms with Gasteiger partial charge < -0.3 is 10.1 Å². The van der Waals surface area contributed by atoms with Crippen LogP contribution in [0.5, 0.6) is 5.75 Å². The number of fused-ring (bicyclic) bond motifs is 1. The van der Waals surface area contributed by atoms with Crippen LogP contribution in [0.1, 0.15) is 5.69 Å². The molecule has 0 atom stereocenters. The highest BCUT2D eigenvalue weighted by Gasteiger charge is 2.13. The number of ether oxygens (including phenoxy) is 1. The number of carbonyl (C=O) groups is 1. The van der Waals surface area contributed by atoms with Gasteiger partial charge in [-0.15, -0.1) is 11.3 Å². The third-order valence-corrected chi connectivity index (χ3v) is 5.03. The molecular formula is C20H16FN3O2S. The summed E-state index contributed by atoms with van der Waals surface area (Å²) in [7, 11) is 1.60. The molecule has 0 unspecified atom stereocenters. The Bertz CT molecular complexity index is 1080. The number of aromatic nitrogens is 2. The summed E-state index contributed by atoms with van der Waals surface area (Å²) >= 11 is 1.47. The molecule has 1 amide bonds. The number of rotatable bonds is 5. The molecule has 136 valence electrons. The Hall–Kier alpha value is -3.19. The molecule has 0 aliphatic rings. The molecule has 1 N–H and O–H groups in total. The quantitative estimate of drug-likeness (QED) is 0.558. The minimum absolute atomic E-state index is 0.114. The molecule has 0 radical (unpaired) electrons. The van der Waals surface area contributed by atoms with Crippen molar-refractivity contribution in [3.63, 3.8) is 0 Å². The largest absolute Gasteiger partial charge is 0.497 e. The van der Waals surface area contributed by atoms with Crippen molar-refractivity contribution in [3.05, 3.63) is 71.6 Å². The number of anilines is 1. The van der Waals surface area contributed by atoms with E-state index >= 15 is 0 Å². The smallest absolute Gasteiger partial charge is 0.230 e. The minimum atomic E-state index is -0.282. The summed E-state index contributed by atoms with van der Waals surface area (Å²) < 4.78 is 20.1. The molecule has 2 aromatic heterocycles. The molecular weight excluding hydrogens is 365 g/mol. The van der Waals surface area contributed by atoms with E-state index in [1.54, 1.807) is 43.5 Å². The van der Waals surface area contributed by atoms with Crippen LogP contribution in [0.15, 0.2) is 60.1 Å². The first-order valence-electron chi connectivity index (χ1n) is 8.28. The standard InChI is InChI=1S/C20H16FN3O2S/c1-26-17-8-6-15(7-9-17)22-19(25)10-16-12-27-20-23-18(11-24(16)20)13-2-4-14(21)5-3-13/h2-9,11-12H,10H2,1H3,(H,22,25). The molecule has 0 fully saturated rings. The number of benzene rings is 2. The molecule has 4 rings (SSSR count). The summed E-state index contributed by atoms with van der Waals surface area (Å²) in [4.78, 5) is 17.7. The van der Waals surface area contributed by atoms with Crippen molar-refractivity contribution in [2.24, 2.45) is 0 Å². The van der Waals surface area contributed by atoms with Gasteiger partial charge in [0, 0.05) is 28.5 Å². The summed E-state index contributed by atoms with van der Waals surface area (Å²) in [6.07, 6.45) is 2.10. The molecule has 0 saturated carbocycles. The third kappa shape index (κ3) is 3.68. The Kier molecular flexibility index (Phi) is 4.60. The fourth-order valence-corrected chi connectivity index (χ4v) is 3.63. The number of imidazole rings is 1. The maximum Gasteiger partial charge on any atom is 0.230 e. The van der Waals surface area contributed by atoms with Crippen molar-refractivity contribution in [1.29, 1.82) is 0 Å². The zero-order chi connectivity index (χ0) is 18.8. The Balaban J connectivity index is 1.51. The first-order valence-corrected chi connectivity index (χ1v) is 9.15. The number of methoxy groups -OCH3 is 1.